The predicted octanol–water partition coefficient (Wildman–Crippen LogP) is 5.30. The molecule has 114 valence electrons. The van der Waals surface area contributed by atoms with E-state index in [2.05, 4.69) is 0 Å². The second kappa shape index (κ2) is 7.13. The Balaban J connectivity index is 1.79. The Labute approximate surface area is 149 Å². The first-order chi connectivity index (χ1) is 11.1. The van der Waals surface area contributed by atoms with E-state index in [1.807, 2.05) is 42.5 Å². The number of thiocarbonyl (C=S) groups is 1. The standard InChI is InChI=1S/C18H12ClNOS2/c19-14-9-11-15(12-10-14)20-17(21)16(23-18(20)22)8-4-7-13-5-2-1-3-6-13/h1-12H/b7-4+,16-8-. The number of carbonyl (C=O) groups is 1. The highest BCUT2D eigenvalue weighted by Gasteiger charge is 2.32. The third-order valence-corrected chi connectivity index (χ3v) is 4.79. The fourth-order valence-corrected chi connectivity index (χ4v) is 3.48. The number of allylic oxidation sites excluding steroid dienone is 2. The lowest BCUT2D eigenvalue weighted by Crippen LogP contribution is -2.27. The van der Waals surface area contributed by atoms with Crippen LogP contribution in [0.1, 0.15) is 5.56 Å². The normalized spacial score (nSPS) is 16.7. The molecule has 1 aliphatic heterocycles. The Morgan fingerprint density at radius 1 is 1.04 bits per heavy atom. The summed E-state index contributed by atoms with van der Waals surface area (Å²) in [5.74, 6) is -0.111. The van der Waals surface area contributed by atoms with Crippen LogP contribution in [-0.2, 0) is 4.79 Å². The van der Waals surface area contributed by atoms with Crippen LogP contribution in [0.3, 0.4) is 0 Å². The summed E-state index contributed by atoms with van der Waals surface area (Å²) < 4.78 is 0.525. The molecule has 0 atom stereocenters. The van der Waals surface area contributed by atoms with E-state index >= 15 is 0 Å². The molecule has 0 radical (unpaired) electrons. The van der Waals surface area contributed by atoms with Gasteiger partial charge in [-0.3, -0.25) is 9.69 Å². The third kappa shape index (κ3) is 3.72. The summed E-state index contributed by atoms with van der Waals surface area (Å²) >= 11 is 12.5. The number of nitrogens with zero attached hydrogens (tertiary/aromatic N) is 1. The molecule has 2 nitrogen and oxygen atoms in total. The number of benzene rings is 2. The van der Waals surface area contributed by atoms with Gasteiger partial charge in [0.05, 0.1) is 10.6 Å². The largest absolute Gasteiger partial charge is 0.270 e. The molecule has 1 amide bonds. The van der Waals surface area contributed by atoms with Crippen molar-refractivity contribution in [3.63, 3.8) is 0 Å². The van der Waals surface area contributed by atoms with Crippen LogP contribution in [0.15, 0.2) is 71.7 Å². The molecule has 0 saturated carbocycles. The highest BCUT2D eigenvalue weighted by Crippen LogP contribution is 2.35. The molecule has 0 N–H and O–H groups in total. The Morgan fingerprint density at radius 3 is 2.43 bits per heavy atom. The molecule has 1 saturated heterocycles. The van der Waals surface area contributed by atoms with Gasteiger partial charge in [-0.1, -0.05) is 78.1 Å². The zero-order valence-electron chi connectivity index (χ0n) is 12.0. The van der Waals surface area contributed by atoms with Crippen molar-refractivity contribution in [2.24, 2.45) is 0 Å². The minimum Gasteiger partial charge on any atom is -0.268 e. The van der Waals surface area contributed by atoms with E-state index in [-0.39, 0.29) is 5.91 Å². The van der Waals surface area contributed by atoms with E-state index in [9.17, 15) is 4.79 Å². The fraction of sp³-hybridized carbons (Fsp3) is 0. The van der Waals surface area contributed by atoms with Gasteiger partial charge in [0.1, 0.15) is 0 Å². The number of carbonyl (C=O) groups excluding carboxylic acids is 1. The summed E-state index contributed by atoms with van der Waals surface area (Å²) in [6, 6.07) is 17.0. The van der Waals surface area contributed by atoms with Gasteiger partial charge >= 0.3 is 0 Å². The van der Waals surface area contributed by atoms with Crippen molar-refractivity contribution in [1.29, 1.82) is 0 Å². The summed E-state index contributed by atoms with van der Waals surface area (Å²) in [4.78, 5) is 14.7. The van der Waals surface area contributed by atoms with Gasteiger partial charge in [-0.25, -0.2) is 0 Å². The van der Waals surface area contributed by atoms with Crippen molar-refractivity contribution in [3.05, 3.63) is 82.2 Å². The lowest BCUT2D eigenvalue weighted by Gasteiger charge is -2.14. The van der Waals surface area contributed by atoms with Gasteiger partial charge in [-0.15, -0.1) is 0 Å². The predicted molar refractivity (Wildman–Crippen MR) is 103 cm³/mol. The number of amides is 1. The zero-order valence-corrected chi connectivity index (χ0v) is 14.4. The van der Waals surface area contributed by atoms with Crippen LogP contribution in [-0.4, -0.2) is 10.2 Å². The SMILES string of the molecule is O=C1/C(=C/C=C/c2ccccc2)SC(=S)N1c1ccc(Cl)cc1. The first-order valence-electron chi connectivity index (χ1n) is 6.90. The molecule has 1 heterocycles. The second-order valence-corrected chi connectivity index (χ2v) is 6.90. The highest BCUT2D eigenvalue weighted by atomic mass is 35.5. The van der Waals surface area contributed by atoms with E-state index in [1.54, 1.807) is 30.3 Å². The van der Waals surface area contributed by atoms with E-state index in [4.69, 9.17) is 23.8 Å². The van der Waals surface area contributed by atoms with E-state index in [0.717, 1.165) is 11.3 Å². The molecule has 23 heavy (non-hydrogen) atoms. The molecule has 2 aromatic carbocycles. The first-order valence-corrected chi connectivity index (χ1v) is 8.51. The minimum absolute atomic E-state index is 0.111. The average Bonchev–Trinajstić information content (AvgIpc) is 2.84. The van der Waals surface area contributed by atoms with Crippen LogP contribution in [0.2, 0.25) is 5.02 Å². The van der Waals surface area contributed by atoms with Crippen molar-refractivity contribution in [2.45, 2.75) is 0 Å². The number of rotatable bonds is 3. The first kappa shape index (κ1) is 16.0. The number of halogens is 1. The molecule has 0 aromatic heterocycles. The zero-order chi connectivity index (χ0) is 16.2. The maximum atomic E-state index is 12.5. The van der Waals surface area contributed by atoms with Gasteiger partial charge in [0.15, 0.2) is 4.32 Å². The smallest absolute Gasteiger partial charge is 0.268 e. The van der Waals surface area contributed by atoms with Crippen LogP contribution in [0, 0.1) is 0 Å². The fourth-order valence-electron chi connectivity index (χ4n) is 2.11. The molecule has 1 fully saturated rings. The number of thioether (sulfide) groups is 1. The van der Waals surface area contributed by atoms with Gasteiger partial charge in [0.2, 0.25) is 0 Å². The quantitative estimate of drug-likeness (QED) is 0.549. The molecule has 0 aliphatic carbocycles. The van der Waals surface area contributed by atoms with Crippen molar-refractivity contribution in [3.8, 4) is 0 Å². The number of hydrogen-bond donors (Lipinski definition) is 0. The molecule has 0 bridgehead atoms. The summed E-state index contributed by atoms with van der Waals surface area (Å²) in [6.45, 7) is 0. The van der Waals surface area contributed by atoms with Crippen LogP contribution >= 0.6 is 35.6 Å². The molecule has 0 unspecified atom stereocenters. The molecule has 1 aliphatic rings. The van der Waals surface area contributed by atoms with E-state index < -0.39 is 0 Å². The van der Waals surface area contributed by atoms with Gasteiger partial charge in [-0.2, -0.15) is 0 Å². The van der Waals surface area contributed by atoms with Gasteiger partial charge in [-0.05, 0) is 35.9 Å². The number of anilines is 1. The molecular weight excluding hydrogens is 346 g/mol. The maximum Gasteiger partial charge on any atom is 0.270 e. The Morgan fingerprint density at radius 2 is 1.74 bits per heavy atom. The van der Waals surface area contributed by atoms with Crippen LogP contribution in [0.4, 0.5) is 5.69 Å². The van der Waals surface area contributed by atoms with Gasteiger partial charge < -0.3 is 0 Å². The Kier molecular flexibility index (Phi) is 4.96. The molecule has 2 aromatic rings. The van der Waals surface area contributed by atoms with E-state index in [1.165, 1.54) is 16.7 Å². The monoisotopic (exact) mass is 357 g/mol. The lowest BCUT2D eigenvalue weighted by atomic mass is 10.2. The maximum absolute atomic E-state index is 12.5. The molecule has 3 rings (SSSR count). The highest BCUT2D eigenvalue weighted by molar-refractivity contribution is 8.27. The van der Waals surface area contributed by atoms with Crippen molar-refractivity contribution < 1.29 is 4.79 Å². The minimum atomic E-state index is -0.111. The molecule has 0 spiro atoms. The Bertz CT molecular complexity index is 798. The lowest BCUT2D eigenvalue weighted by molar-refractivity contribution is -0.113. The van der Waals surface area contributed by atoms with Crippen LogP contribution in [0.25, 0.3) is 6.08 Å². The number of hydrogen-bond acceptors (Lipinski definition) is 3. The summed E-state index contributed by atoms with van der Waals surface area (Å²) in [5, 5.41) is 0.625. The average molecular weight is 358 g/mol. The summed E-state index contributed by atoms with van der Waals surface area (Å²) in [6.07, 6.45) is 5.61. The van der Waals surface area contributed by atoms with Crippen LogP contribution in [0.5, 0.6) is 0 Å². The summed E-state index contributed by atoms with van der Waals surface area (Å²) in [5.41, 5.74) is 1.81. The summed E-state index contributed by atoms with van der Waals surface area (Å²) in [7, 11) is 0. The second-order valence-electron chi connectivity index (χ2n) is 4.79. The molecular formula is C18H12ClNOS2. The van der Waals surface area contributed by atoms with Crippen molar-refractivity contribution >= 4 is 57.6 Å². The van der Waals surface area contributed by atoms with Gasteiger partial charge in [0.25, 0.3) is 5.91 Å². The van der Waals surface area contributed by atoms with Crippen LogP contribution < -0.4 is 4.90 Å². The third-order valence-electron chi connectivity index (χ3n) is 3.21. The topological polar surface area (TPSA) is 20.3 Å². The van der Waals surface area contributed by atoms with E-state index in [0.29, 0.717) is 14.2 Å². The Hall–Kier alpha value is -1.88. The van der Waals surface area contributed by atoms with Crippen molar-refractivity contribution in [1.82, 2.24) is 0 Å². The van der Waals surface area contributed by atoms with Gasteiger partial charge in [0, 0.05) is 5.02 Å². The van der Waals surface area contributed by atoms with Crippen molar-refractivity contribution in [2.75, 3.05) is 4.90 Å². The molecule has 5 heteroatoms.